The van der Waals surface area contributed by atoms with Crippen molar-refractivity contribution in [1.82, 2.24) is 9.88 Å². The molecule has 24 heavy (non-hydrogen) atoms. The van der Waals surface area contributed by atoms with Crippen LogP contribution >= 0.6 is 11.6 Å². The molecule has 6 heteroatoms. The largest absolute Gasteiger partial charge is 0.506 e. The van der Waals surface area contributed by atoms with Crippen molar-refractivity contribution in [2.45, 2.75) is 18.9 Å². The van der Waals surface area contributed by atoms with Crippen LogP contribution in [0.5, 0.6) is 5.75 Å². The van der Waals surface area contributed by atoms with Crippen LogP contribution in [0.3, 0.4) is 0 Å². The minimum absolute atomic E-state index is 0.0318. The second-order valence-corrected chi connectivity index (χ2v) is 6.57. The van der Waals surface area contributed by atoms with Gasteiger partial charge in [-0.3, -0.25) is 9.78 Å². The first kappa shape index (κ1) is 16.7. The normalized spacial score (nSPS) is 20.8. The molecular weight excluding hydrogens is 328 g/mol. The smallest absolute Gasteiger partial charge is 0.255 e. The van der Waals surface area contributed by atoms with Gasteiger partial charge in [-0.15, -0.1) is 0 Å². The zero-order valence-corrected chi connectivity index (χ0v) is 13.9. The standard InChI is InChI=1S/C18H19ClN2O3/c19-15-3-1-12(2-4-15)7-14-11-21(6-5-17(14)23)18(24)13-8-16(22)10-20-9-13/h1-4,8-10,14,17,22-23H,5-7,11H2/t14-,17+/m1/s1. The first-order valence-electron chi connectivity index (χ1n) is 7.89. The lowest BCUT2D eigenvalue weighted by Crippen LogP contribution is -2.46. The molecule has 0 spiro atoms. The summed E-state index contributed by atoms with van der Waals surface area (Å²) in [6.45, 7) is 0.963. The summed E-state index contributed by atoms with van der Waals surface area (Å²) in [5.74, 6) is -0.240. The molecule has 3 rings (SSSR count). The zero-order chi connectivity index (χ0) is 17.1. The van der Waals surface area contributed by atoms with Crippen LogP contribution in [0.4, 0.5) is 0 Å². The summed E-state index contributed by atoms with van der Waals surface area (Å²) in [5, 5.41) is 20.4. The quantitative estimate of drug-likeness (QED) is 0.895. The number of hydrogen-bond donors (Lipinski definition) is 2. The van der Waals surface area contributed by atoms with E-state index in [1.54, 1.807) is 4.90 Å². The van der Waals surface area contributed by atoms with E-state index in [9.17, 15) is 15.0 Å². The lowest BCUT2D eigenvalue weighted by atomic mass is 9.88. The molecule has 0 aliphatic carbocycles. The molecule has 1 saturated heterocycles. The molecule has 1 aliphatic heterocycles. The molecule has 2 atom stereocenters. The number of aliphatic hydroxyl groups is 1. The highest BCUT2D eigenvalue weighted by Gasteiger charge is 2.31. The molecule has 2 heterocycles. The van der Waals surface area contributed by atoms with Crippen LogP contribution in [0, 0.1) is 5.92 Å². The molecule has 1 aromatic heterocycles. The Bertz CT molecular complexity index is 720. The fourth-order valence-corrected chi connectivity index (χ4v) is 3.18. The molecule has 0 bridgehead atoms. The van der Waals surface area contributed by atoms with E-state index in [0.717, 1.165) is 5.56 Å². The van der Waals surface area contributed by atoms with E-state index in [1.807, 2.05) is 24.3 Å². The Morgan fingerprint density at radius 1 is 1.29 bits per heavy atom. The summed E-state index contributed by atoms with van der Waals surface area (Å²) in [6, 6.07) is 8.94. The molecule has 2 N–H and O–H groups in total. The van der Waals surface area contributed by atoms with Gasteiger partial charge in [-0.05, 0) is 36.6 Å². The van der Waals surface area contributed by atoms with Gasteiger partial charge in [-0.2, -0.15) is 0 Å². The SMILES string of the molecule is O=C(c1cncc(O)c1)N1CC[C@H](O)[C@H](Cc2ccc(Cl)cc2)C1. The number of hydrogen-bond acceptors (Lipinski definition) is 4. The number of nitrogens with zero attached hydrogens (tertiary/aromatic N) is 2. The molecule has 0 radical (unpaired) electrons. The van der Waals surface area contributed by atoms with Crippen LogP contribution in [0.1, 0.15) is 22.3 Å². The van der Waals surface area contributed by atoms with Gasteiger partial charge in [0, 0.05) is 30.2 Å². The van der Waals surface area contributed by atoms with E-state index in [-0.39, 0.29) is 17.6 Å². The Morgan fingerprint density at radius 3 is 2.75 bits per heavy atom. The van der Waals surface area contributed by atoms with Gasteiger partial charge >= 0.3 is 0 Å². The van der Waals surface area contributed by atoms with Crippen molar-refractivity contribution in [2.24, 2.45) is 5.92 Å². The second kappa shape index (κ2) is 7.20. The summed E-state index contributed by atoms with van der Waals surface area (Å²) in [4.78, 5) is 18.1. The third kappa shape index (κ3) is 3.86. The van der Waals surface area contributed by atoms with Crippen LogP contribution in [-0.4, -0.2) is 45.2 Å². The monoisotopic (exact) mass is 346 g/mol. The number of aromatic nitrogens is 1. The summed E-state index contributed by atoms with van der Waals surface area (Å²) in [5.41, 5.74) is 1.44. The van der Waals surface area contributed by atoms with Crippen molar-refractivity contribution < 1.29 is 15.0 Å². The van der Waals surface area contributed by atoms with E-state index in [1.165, 1.54) is 18.5 Å². The van der Waals surface area contributed by atoms with Gasteiger partial charge in [0.05, 0.1) is 17.9 Å². The fraction of sp³-hybridized carbons (Fsp3) is 0.333. The average Bonchev–Trinajstić information content (AvgIpc) is 2.58. The van der Waals surface area contributed by atoms with Gasteiger partial charge in [0.15, 0.2) is 0 Å². The van der Waals surface area contributed by atoms with Gasteiger partial charge in [-0.25, -0.2) is 0 Å². The number of carbonyl (C=O) groups is 1. The number of benzene rings is 1. The van der Waals surface area contributed by atoms with Crippen molar-refractivity contribution in [1.29, 1.82) is 0 Å². The maximum absolute atomic E-state index is 12.6. The van der Waals surface area contributed by atoms with Crippen LogP contribution < -0.4 is 0 Å². The van der Waals surface area contributed by atoms with E-state index in [2.05, 4.69) is 4.98 Å². The fourth-order valence-electron chi connectivity index (χ4n) is 3.06. The van der Waals surface area contributed by atoms with E-state index in [0.29, 0.717) is 36.5 Å². The number of piperidine rings is 1. The van der Waals surface area contributed by atoms with Crippen LogP contribution in [0.25, 0.3) is 0 Å². The molecule has 1 aliphatic rings. The predicted octanol–water partition coefficient (Wildman–Crippen LogP) is 2.51. The van der Waals surface area contributed by atoms with E-state index < -0.39 is 6.10 Å². The number of carbonyl (C=O) groups excluding carboxylic acids is 1. The van der Waals surface area contributed by atoms with Crippen LogP contribution in [-0.2, 0) is 6.42 Å². The predicted molar refractivity (Wildman–Crippen MR) is 91.1 cm³/mol. The van der Waals surface area contributed by atoms with E-state index in [4.69, 9.17) is 11.6 Å². The number of aromatic hydroxyl groups is 1. The van der Waals surface area contributed by atoms with Gasteiger partial charge in [0.2, 0.25) is 0 Å². The van der Waals surface area contributed by atoms with Crippen molar-refractivity contribution in [2.75, 3.05) is 13.1 Å². The number of likely N-dealkylation sites (tertiary alicyclic amines) is 1. The maximum Gasteiger partial charge on any atom is 0.255 e. The summed E-state index contributed by atoms with van der Waals surface area (Å²) < 4.78 is 0. The van der Waals surface area contributed by atoms with Crippen molar-refractivity contribution >= 4 is 17.5 Å². The minimum atomic E-state index is -0.438. The molecule has 1 amide bonds. The molecular formula is C18H19ClN2O3. The Morgan fingerprint density at radius 2 is 2.04 bits per heavy atom. The topological polar surface area (TPSA) is 73.7 Å². The molecule has 0 saturated carbocycles. The Balaban J connectivity index is 1.70. The highest BCUT2D eigenvalue weighted by molar-refractivity contribution is 6.30. The Hall–Kier alpha value is -2.11. The second-order valence-electron chi connectivity index (χ2n) is 6.13. The number of aliphatic hydroxyl groups excluding tert-OH is 1. The van der Waals surface area contributed by atoms with Crippen LogP contribution in [0.2, 0.25) is 5.02 Å². The minimum Gasteiger partial charge on any atom is -0.506 e. The van der Waals surface area contributed by atoms with Gasteiger partial charge < -0.3 is 15.1 Å². The third-order valence-electron chi connectivity index (χ3n) is 4.36. The zero-order valence-electron chi connectivity index (χ0n) is 13.1. The van der Waals surface area contributed by atoms with Crippen molar-refractivity contribution in [3.8, 4) is 5.75 Å². The van der Waals surface area contributed by atoms with Gasteiger partial charge in [-0.1, -0.05) is 23.7 Å². The van der Waals surface area contributed by atoms with E-state index >= 15 is 0 Å². The van der Waals surface area contributed by atoms with Crippen molar-refractivity contribution in [3.63, 3.8) is 0 Å². The van der Waals surface area contributed by atoms with Crippen molar-refractivity contribution in [3.05, 3.63) is 58.9 Å². The Kier molecular flexibility index (Phi) is 5.02. The number of rotatable bonds is 3. The Labute approximate surface area is 145 Å². The summed E-state index contributed by atoms with van der Waals surface area (Å²) >= 11 is 5.90. The number of halogens is 1. The maximum atomic E-state index is 12.6. The summed E-state index contributed by atoms with van der Waals surface area (Å²) in [6.07, 6.45) is 3.52. The van der Waals surface area contributed by atoms with Gasteiger partial charge in [0.1, 0.15) is 5.75 Å². The molecule has 0 unspecified atom stereocenters. The van der Waals surface area contributed by atoms with Crippen LogP contribution in [0.15, 0.2) is 42.7 Å². The third-order valence-corrected chi connectivity index (χ3v) is 4.61. The first-order valence-corrected chi connectivity index (χ1v) is 8.26. The molecule has 5 nitrogen and oxygen atoms in total. The molecule has 1 fully saturated rings. The number of pyridine rings is 1. The number of amides is 1. The van der Waals surface area contributed by atoms with Gasteiger partial charge in [0.25, 0.3) is 5.91 Å². The molecule has 126 valence electrons. The lowest BCUT2D eigenvalue weighted by Gasteiger charge is -2.36. The highest BCUT2D eigenvalue weighted by atomic mass is 35.5. The first-order chi connectivity index (χ1) is 11.5. The molecule has 2 aromatic rings. The lowest BCUT2D eigenvalue weighted by molar-refractivity contribution is 0.0241. The summed E-state index contributed by atoms with van der Waals surface area (Å²) in [7, 11) is 0. The molecule has 1 aromatic carbocycles. The highest BCUT2D eigenvalue weighted by Crippen LogP contribution is 2.24. The average molecular weight is 347 g/mol.